The molecule has 0 amide bonds. The molecule has 5 aliphatic rings. The number of aromatic nitrogens is 4. The number of benzene rings is 12. The lowest BCUT2D eigenvalue weighted by molar-refractivity contribution is 0.376. The number of allylic oxidation sites excluding steroid dienone is 12. The van der Waals surface area contributed by atoms with Crippen LogP contribution in [0.5, 0.6) is 0 Å². The number of aromatic amines is 4. The Morgan fingerprint density at radius 1 is 0.125 bits per heavy atom. The third-order valence-corrected chi connectivity index (χ3v) is 24.8. The molecule has 0 aliphatic carbocycles. The van der Waals surface area contributed by atoms with Crippen LogP contribution in [0.1, 0.15) is 66.8 Å². The molecule has 0 unspecified atom stereocenters. The van der Waals surface area contributed by atoms with Gasteiger partial charge in [0.2, 0.25) is 23.3 Å². The maximum atomic E-state index is 17.5. The van der Waals surface area contributed by atoms with Crippen LogP contribution in [-0.2, 0) is 0 Å². The van der Waals surface area contributed by atoms with E-state index in [0.717, 1.165) is 0 Å². The topological polar surface area (TPSA) is 113 Å². The lowest BCUT2D eigenvalue weighted by atomic mass is 9.90. The van der Waals surface area contributed by atoms with Gasteiger partial charge in [-0.15, -0.1) is 0 Å². The van der Waals surface area contributed by atoms with E-state index >= 15 is 87.8 Å². The van der Waals surface area contributed by atoms with E-state index in [1.807, 2.05) is 0 Å². The molecular weight excluding hydrogens is 1890 g/mol. The summed E-state index contributed by atoms with van der Waals surface area (Å²) in [7, 11) is 0. The first kappa shape index (κ1) is 92.3. The Bertz CT molecular complexity index is 7990. The van der Waals surface area contributed by atoms with Crippen molar-refractivity contribution >= 4 is 89.7 Å². The van der Waals surface area contributed by atoms with E-state index < -0.39 is 205 Å². The highest BCUT2D eigenvalue weighted by Crippen LogP contribution is 2.45. The van der Waals surface area contributed by atoms with Crippen molar-refractivity contribution in [2.24, 2.45) is 20.0 Å². The normalized spacial score (nSPS) is 14.6. The summed E-state index contributed by atoms with van der Waals surface area (Å²) in [6.45, 7) is 0. The third kappa shape index (κ3) is 16.0. The molecule has 0 fully saturated rings. The van der Waals surface area contributed by atoms with Crippen molar-refractivity contribution in [2.45, 2.75) is 0 Å². The van der Waals surface area contributed by atoms with Crippen LogP contribution in [0.4, 0.5) is 87.8 Å². The number of halogens is 20. The van der Waals surface area contributed by atoms with E-state index in [0.29, 0.717) is 0 Å². The second kappa shape index (κ2) is 37.6. The third-order valence-electron chi connectivity index (χ3n) is 24.8. The van der Waals surface area contributed by atoms with Crippen LogP contribution in [0.15, 0.2) is 383 Å². The Kier molecular flexibility index (Phi) is 24.1. The van der Waals surface area contributed by atoms with Gasteiger partial charge in [-0.25, -0.2) is 108 Å². The number of H-pyrrole nitrogens is 4. The van der Waals surface area contributed by atoms with Gasteiger partial charge in [0.1, 0.15) is 0 Å². The molecule has 16 bridgehead atoms. The van der Waals surface area contributed by atoms with Gasteiger partial charge in [-0.2, -0.15) is 0 Å². The molecule has 4 N–H and O–H groups in total. The molecule has 0 atom stereocenters. The molecule has 4 aromatic heterocycles. The number of aliphatic imine (C=N–C) groups is 4. The Balaban J connectivity index is 0.955. The summed E-state index contributed by atoms with van der Waals surface area (Å²) in [6.07, 6.45) is 10.3. The molecule has 704 valence electrons. The Labute approximate surface area is 801 Å². The highest BCUT2D eigenvalue weighted by molar-refractivity contribution is 6.34. The van der Waals surface area contributed by atoms with Crippen LogP contribution in [-0.4, -0.2) is 42.8 Å². The van der Waals surface area contributed by atoms with E-state index in [4.69, 9.17) is 20.0 Å². The summed E-state index contributed by atoms with van der Waals surface area (Å²) in [6, 6.07) is 75.3. The van der Waals surface area contributed by atoms with E-state index in [9.17, 15) is 0 Å². The maximum absolute atomic E-state index is 17.5. The SMILES string of the molecule is Fc1c(F)c(F)c(C2=c3ccc([nH]3)=C(c3ccccc3)C(c3ccccc3)=C3C=CC(=N3)C(c3c(F)c(F)c(F)c(F)c3F)=c3ccc([nH]3)=C(c3ccccc3)C(c3ccccc3)=C3C=CC(=N3)C(c3c(F)c(F)c(F)c(F)c3F)=c3ccc([nH]3)=C(c3ccccc3)C(c3ccccc3)=C3C=CC(=N3)C(c3c(F)c(F)c(F)c(F)c3F)=c3ccc([nH]3)=C(c3ccccc3)C(c3ccccc3)=C3C=CC2=N3)c(F)c1F. The van der Waals surface area contributed by atoms with Crippen molar-refractivity contribution in [1.82, 2.24) is 19.9 Å². The molecule has 0 saturated heterocycles. The van der Waals surface area contributed by atoms with Crippen LogP contribution in [0.25, 0.3) is 66.9 Å². The van der Waals surface area contributed by atoms with Crippen LogP contribution in [0.2, 0.25) is 0 Å². The van der Waals surface area contributed by atoms with Crippen molar-refractivity contribution in [3.8, 4) is 0 Å². The number of hydrogen-bond donors (Lipinski definition) is 4. The first-order chi connectivity index (χ1) is 69.8. The zero-order valence-corrected chi connectivity index (χ0v) is 73.7. The number of hydrogen-bond acceptors (Lipinski definition) is 4. The van der Waals surface area contributed by atoms with Crippen molar-refractivity contribution in [2.75, 3.05) is 0 Å². The van der Waals surface area contributed by atoms with Gasteiger partial charge >= 0.3 is 0 Å². The predicted octanol–water partition coefficient (Wildman–Crippen LogP) is 22.2. The fourth-order valence-electron chi connectivity index (χ4n) is 18.5. The number of nitrogens with zero attached hydrogens (tertiary/aromatic N) is 4. The van der Waals surface area contributed by atoms with Gasteiger partial charge < -0.3 is 19.9 Å². The lowest BCUT2D eigenvalue weighted by Gasteiger charge is -2.16. The molecule has 28 heteroatoms. The summed E-state index contributed by atoms with van der Waals surface area (Å²) in [5.41, 5.74) is -8.56. The molecular formula is C116H60F20N8. The van der Waals surface area contributed by atoms with Crippen molar-refractivity contribution in [1.29, 1.82) is 0 Å². The fourth-order valence-corrected chi connectivity index (χ4v) is 18.5. The minimum Gasteiger partial charge on any atom is -0.354 e. The zero-order valence-electron chi connectivity index (χ0n) is 73.7. The van der Waals surface area contributed by atoms with Gasteiger partial charge in [-0.1, -0.05) is 243 Å². The molecule has 21 rings (SSSR count). The van der Waals surface area contributed by atoms with Gasteiger partial charge in [0.25, 0.3) is 0 Å². The number of fused-ring (bicyclic) bond motifs is 12. The van der Waals surface area contributed by atoms with Gasteiger partial charge in [0.15, 0.2) is 93.1 Å². The molecule has 12 aromatic carbocycles. The van der Waals surface area contributed by atoms with Crippen LogP contribution < -0.4 is 42.8 Å². The molecule has 0 radical (unpaired) electrons. The number of rotatable bonds is 12. The molecule has 0 saturated carbocycles. The van der Waals surface area contributed by atoms with Crippen LogP contribution >= 0.6 is 0 Å². The minimum absolute atomic E-state index is 0.0287. The van der Waals surface area contributed by atoms with E-state index in [2.05, 4.69) is 19.9 Å². The Hall–Kier alpha value is -18.1. The smallest absolute Gasteiger partial charge is 0.200 e. The number of nitrogens with one attached hydrogen (secondary N) is 4. The molecule has 144 heavy (non-hydrogen) atoms. The van der Waals surface area contributed by atoms with E-state index in [1.165, 1.54) is 97.1 Å². The molecule has 9 heterocycles. The predicted molar refractivity (Wildman–Crippen MR) is 511 cm³/mol. The highest BCUT2D eigenvalue weighted by Gasteiger charge is 2.39. The van der Waals surface area contributed by atoms with E-state index in [1.54, 1.807) is 243 Å². The second-order valence-corrected chi connectivity index (χ2v) is 33.2. The fraction of sp³-hybridized carbons (Fsp3) is 0. The summed E-state index contributed by atoms with van der Waals surface area (Å²) in [4.78, 5) is 32.9. The second-order valence-electron chi connectivity index (χ2n) is 33.2. The van der Waals surface area contributed by atoms with Crippen molar-refractivity contribution < 1.29 is 87.8 Å². The van der Waals surface area contributed by atoms with E-state index in [-0.39, 0.29) is 133 Å². The molecule has 0 spiro atoms. The summed E-state index contributed by atoms with van der Waals surface area (Å²) < 4.78 is 334. The zero-order chi connectivity index (χ0) is 99.9. The van der Waals surface area contributed by atoms with Crippen LogP contribution in [0, 0.1) is 116 Å². The molecule has 8 nitrogen and oxygen atoms in total. The lowest BCUT2D eigenvalue weighted by Crippen LogP contribution is -2.22. The minimum atomic E-state index is -2.53. The Morgan fingerprint density at radius 2 is 0.250 bits per heavy atom. The van der Waals surface area contributed by atoms with Gasteiger partial charge in [0, 0.05) is 110 Å². The quantitative estimate of drug-likeness (QED) is 0.0531. The largest absolute Gasteiger partial charge is 0.354 e. The summed E-state index contributed by atoms with van der Waals surface area (Å²) in [5, 5.41) is -1.70. The average Bonchev–Trinajstić information content (AvgIpc) is 1.50. The molecule has 16 aromatic rings. The summed E-state index contributed by atoms with van der Waals surface area (Å²) >= 11 is 0. The summed E-state index contributed by atoms with van der Waals surface area (Å²) in [5.74, 6) is -47.8. The van der Waals surface area contributed by atoms with Gasteiger partial charge in [-0.05, 0) is 142 Å². The standard InChI is InChI=1S/C116H60F20N8/c117-97-93(98(118)106(126)113(133)105(97)125)89-73-49-41-65(137-73)81(57-25-9-1-10-26-57)82(58-27-11-2-12-28-58)66-42-50-74(138-66)90(94-99(119)107(127)114(134)108(128)100(94)120)76-52-44-68(140-76)84(60-31-15-4-16-32-60)86(62-35-19-6-20-36-62)70-46-54-78(142-70)92(96-103(123)111(131)116(136)112(132)104(96)124)80-56-48-72(144-80)88(64-39-23-8-24-40-64)87(63-37-21-7-22-38-63)71-47-55-79(143-71)91(95-101(121)109(129)115(135)110(130)102(95)122)77-53-45-69(141-77)85(61-33-17-5-18-34-61)83(59-29-13-3-14-30-59)67-43-51-75(89)139-67/h1-56,137,140-141,144H. The molecule has 5 aliphatic heterocycles. The first-order valence-corrected chi connectivity index (χ1v) is 44.1. The maximum Gasteiger partial charge on any atom is 0.200 e. The highest BCUT2D eigenvalue weighted by atomic mass is 19.2. The van der Waals surface area contributed by atoms with Gasteiger partial charge in [-0.3, -0.25) is 0 Å². The van der Waals surface area contributed by atoms with Gasteiger partial charge in [0.05, 0.1) is 67.9 Å². The average molecular weight is 1950 g/mol. The van der Waals surface area contributed by atoms with Crippen LogP contribution in [0.3, 0.4) is 0 Å². The van der Waals surface area contributed by atoms with Crippen molar-refractivity contribution in [3.63, 3.8) is 0 Å². The van der Waals surface area contributed by atoms with Crippen molar-refractivity contribution in [3.05, 3.63) is 588 Å². The monoisotopic (exact) mass is 1940 g/mol. The first-order valence-electron chi connectivity index (χ1n) is 44.1. The Morgan fingerprint density at radius 3 is 0.396 bits per heavy atom.